The highest BCUT2D eigenvalue weighted by Crippen LogP contribution is 2.38. The van der Waals surface area contributed by atoms with Crippen LogP contribution in [0.2, 0.25) is 0 Å². The minimum Gasteiger partial charge on any atom is -0.496 e. The molecule has 0 heterocycles. The molecular formula is C18H21BrO2. The average molecular weight is 349 g/mol. The summed E-state index contributed by atoms with van der Waals surface area (Å²) in [5, 5.41) is 0. The molecule has 0 fully saturated rings. The van der Waals surface area contributed by atoms with Crippen LogP contribution >= 0.6 is 15.9 Å². The summed E-state index contributed by atoms with van der Waals surface area (Å²) in [6.07, 6.45) is 0. The van der Waals surface area contributed by atoms with Crippen molar-refractivity contribution in [3.63, 3.8) is 0 Å². The molecule has 0 bridgehead atoms. The molecule has 2 rings (SSSR count). The average Bonchev–Trinajstić information content (AvgIpc) is 2.45. The van der Waals surface area contributed by atoms with Crippen molar-refractivity contribution in [1.29, 1.82) is 0 Å². The highest BCUT2D eigenvalue weighted by atomic mass is 79.9. The van der Waals surface area contributed by atoms with E-state index in [4.69, 9.17) is 9.47 Å². The van der Waals surface area contributed by atoms with Gasteiger partial charge in [-0.1, -0.05) is 42.8 Å². The zero-order valence-corrected chi connectivity index (χ0v) is 14.7. The van der Waals surface area contributed by atoms with Crippen molar-refractivity contribution in [3.05, 3.63) is 46.4 Å². The van der Waals surface area contributed by atoms with Gasteiger partial charge in [-0.2, -0.15) is 0 Å². The van der Waals surface area contributed by atoms with Crippen LogP contribution in [0.25, 0.3) is 11.1 Å². The molecule has 0 atom stereocenters. The summed E-state index contributed by atoms with van der Waals surface area (Å²) in [7, 11) is 3.41. The van der Waals surface area contributed by atoms with Crippen LogP contribution in [0.15, 0.2) is 40.9 Å². The zero-order valence-electron chi connectivity index (χ0n) is 13.2. The molecule has 0 unspecified atom stereocenters. The largest absolute Gasteiger partial charge is 0.496 e. The van der Waals surface area contributed by atoms with E-state index in [1.807, 2.05) is 18.2 Å². The quantitative estimate of drug-likeness (QED) is 0.736. The second-order valence-corrected chi connectivity index (χ2v) is 6.93. The minimum atomic E-state index is 0.0178. The van der Waals surface area contributed by atoms with Crippen LogP contribution in [0.1, 0.15) is 26.3 Å². The number of hydrogen-bond acceptors (Lipinski definition) is 2. The molecule has 0 aliphatic rings. The van der Waals surface area contributed by atoms with Crippen molar-refractivity contribution in [2.45, 2.75) is 26.2 Å². The van der Waals surface area contributed by atoms with Crippen LogP contribution in [0.5, 0.6) is 11.5 Å². The van der Waals surface area contributed by atoms with Gasteiger partial charge in [-0.3, -0.25) is 0 Å². The van der Waals surface area contributed by atoms with Gasteiger partial charge in [-0.15, -0.1) is 0 Å². The minimum absolute atomic E-state index is 0.0178. The second kappa shape index (κ2) is 6.10. The summed E-state index contributed by atoms with van der Waals surface area (Å²) in [5.74, 6) is 1.77. The zero-order chi connectivity index (χ0) is 15.6. The fourth-order valence-corrected chi connectivity index (χ4v) is 2.71. The third kappa shape index (κ3) is 3.41. The van der Waals surface area contributed by atoms with E-state index in [2.05, 4.69) is 54.9 Å². The number of rotatable bonds is 3. The molecule has 2 aromatic carbocycles. The Kier molecular flexibility index (Phi) is 4.62. The molecule has 0 saturated heterocycles. The van der Waals surface area contributed by atoms with E-state index in [1.165, 1.54) is 5.56 Å². The summed E-state index contributed by atoms with van der Waals surface area (Å²) in [4.78, 5) is 0. The lowest BCUT2D eigenvalue weighted by Crippen LogP contribution is -2.13. The molecule has 0 aliphatic carbocycles. The van der Waals surface area contributed by atoms with Gasteiger partial charge in [0.2, 0.25) is 0 Å². The molecule has 0 aromatic heterocycles. The molecule has 0 N–H and O–H groups in total. The number of methoxy groups -OCH3 is 2. The van der Waals surface area contributed by atoms with Crippen molar-refractivity contribution in [2.75, 3.05) is 14.2 Å². The van der Waals surface area contributed by atoms with Crippen molar-refractivity contribution in [1.82, 2.24) is 0 Å². The summed E-state index contributed by atoms with van der Waals surface area (Å²) in [6.45, 7) is 6.56. The lowest BCUT2D eigenvalue weighted by molar-refractivity contribution is 0.397. The maximum Gasteiger partial charge on any atom is 0.127 e. The Labute approximate surface area is 135 Å². The van der Waals surface area contributed by atoms with E-state index in [0.29, 0.717) is 0 Å². The number of halogens is 1. The van der Waals surface area contributed by atoms with Gasteiger partial charge < -0.3 is 9.47 Å². The molecule has 0 aliphatic heterocycles. The first-order chi connectivity index (χ1) is 9.86. The molecule has 0 amide bonds. The maximum atomic E-state index is 5.50. The van der Waals surface area contributed by atoms with Crippen LogP contribution in [0, 0.1) is 0 Å². The van der Waals surface area contributed by atoms with Crippen molar-refractivity contribution < 1.29 is 9.47 Å². The van der Waals surface area contributed by atoms with Gasteiger partial charge in [0.05, 0.1) is 14.2 Å². The summed E-state index contributed by atoms with van der Waals surface area (Å²) in [5.41, 5.74) is 3.41. The van der Waals surface area contributed by atoms with E-state index < -0.39 is 0 Å². The Morgan fingerprint density at radius 3 is 2.10 bits per heavy atom. The molecule has 21 heavy (non-hydrogen) atoms. The molecule has 3 heteroatoms. The predicted octanol–water partition coefficient (Wildman–Crippen LogP) is 5.43. The highest BCUT2D eigenvalue weighted by molar-refractivity contribution is 9.10. The van der Waals surface area contributed by atoms with Gasteiger partial charge in [-0.05, 0) is 41.3 Å². The number of ether oxygens (including phenoxy) is 2. The Bertz CT molecular complexity index is 642. The first-order valence-electron chi connectivity index (χ1n) is 6.89. The second-order valence-electron chi connectivity index (χ2n) is 6.01. The number of hydrogen-bond donors (Lipinski definition) is 0. The maximum absolute atomic E-state index is 5.50. The van der Waals surface area contributed by atoms with E-state index in [9.17, 15) is 0 Å². The van der Waals surface area contributed by atoms with Gasteiger partial charge >= 0.3 is 0 Å². The van der Waals surface area contributed by atoms with Crippen LogP contribution in [-0.4, -0.2) is 14.2 Å². The van der Waals surface area contributed by atoms with Crippen LogP contribution in [0.3, 0.4) is 0 Å². The topological polar surface area (TPSA) is 18.5 Å². The SMILES string of the molecule is COc1cc(Br)ccc1-c1ccc(OC)c(C(C)(C)C)c1. The monoisotopic (exact) mass is 348 g/mol. The third-order valence-corrected chi connectivity index (χ3v) is 3.98. The first-order valence-corrected chi connectivity index (χ1v) is 7.68. The summed E-state index contributed by atoms with van der Waals surface area (Å²) in [6, 6.07) is 12.4. The molecular weight excluding hydrogens is 328 g/mol. The molecule has 0 saturated carbocycles. The standard InChI is InChI=1S/C18H21BrO2/c1-18(2,3)15-10-12(6-9-16(15)20-4)14-8-7-13(19)11-17(14)21-5/h6-11H,1-5H3. The molecule has 2 aromatic rings. The van der Waals surface area contributed by atoms with Gasteiger partial charge in [0.25, 0.3) is 0 Å². The van der Waals surface area contributed by atoms with Gasteiger partial charge in [-0.25, -0.2) is 0 Å². The fourth-order valence-electron chi connectivity index (χ4n) is 2.37. The lowest BCUT2D eigenvalue weighted by Gasteiger charge is -2.23. The van der Waals surface area contributed by atoms with Crippen molar-refractivity contribution >= 4 is 15.9 Å². The van der Waals surface area contributed by atoms with Gasteiger partial charge in [0.15, 0.2) is 0 Å². The van der Waals surface area contributed by atoms with E-state index in [0.717, 1.165) is 27.1 Å². The van der Waals surface area contributed by atoms with Crippen LogP contribution in [-0.2, 0) is 5.41 Å². The number of benzene rings is 2. The lowest BCUT2D eigenvalue weighted by atomic mass is 9.84. The van der Waals surface area contributed by atoms with Gasteiger partial charge in [0, 0.05) is 15.6 Å². The molecule has 0 radical (unpaired) electrons. The Hall–Kier alpha value is -1.48. The third-order valence-electron chi connectivity index (χ3n) is 3.48. The highest BCUT2D eigenvalue weighted by Gasteiger charge is 2.20. The summed E-state index contributed by atoms with van der Waals surface area (Å²) < 4.78 is 12.0. The van der Waals surface area contributed by atoms with E-state index in [-0.39, 0.29) is 5.41 Å². The van der Waals surface area contributed by atoms with Crippen molar-refractivity contribution in [2.24, 2.45) is 0 Å². The van der Waals surface area contributed by atoms with Crippen molar-refractivity contribution in [3.8, 4) is 22.6 Å². The van der Waals surface area contributed by atoms with Crippen LogP contribution < -0.4 is 9.47 Å². The molecule has 2 nitrogen and oxygen atoms in total. The Morgan fingerprint density at radius 1 is 0.857 bits per heavy atom. The Morgan fingerprint density at radius 2 is 1.52 bits per heavy atom. The fraction of sp³-hybridized carbons (Fsp3) is 0.333. The predicted molar refractivity (Wildman–Crippen MR) is 91.4 cm³/mol. The van der Waals surface area contributed by atoms with E-state index >= 15 is 0 Å². The van der Waals surface area contributed by atoms with E-state index in [1.54, 1.807) is 14.2 Å². The Balaban J connectivity index is 2.61. The summed E-state index contributed by atoms with van der Waals surface area (Å²) >= 11 is 3.48. The van der Waals surface area contributed by atoms with Crippen LogP contribution in [0.4, 0.5) is 0 Å². The molecule has 0 spiro atoms. The smallest absolute Gasteiger partial charge is 0.127 e. The molecule has 112 valence electrons. The normalized spacial score (nSPS) is 11.3. The van der Waals surface area contributed by atoms with Gasteiger partial charge in [0.1, 0.15) is 11.5 Å². The first kappa shape index (κ1) is 15.9.